The Morgan fingerprint density at radius 3 is 2.58 bits per heavy atom. The van der Waals surface area contributed by atoms with Crippen LogP contribution < -0.4 is 10.1 Å². The SMILES string of the molecule is CNc1cc2c(cn1)c(-c1cnn(C(C)(C)C#N)c1)nn2[C@H]1CC[C@@H](Oc2cc(C)cnc2C)CC1. The van der Waals surface area contributed by atoms with Gasteiger partial charge in [0, 0.05) is 42.7 Å². The van der Waals surface area contributed by atoms with Gasteiger partial charge in [-0.25, -0.2) is 4.98 Å². The lowest BCUT2D eigenvalue weighted by Gasteiger charge is -2.30. The van der Waals surface area contributed by atoms with E-state index in [1.54, 1.807) is 10.9 Å². The van der Waals surface area contributed by atoms with Crippen molar-refractivity contribution in [2.24, 2.45) is 0 Å². The summed E-state index contributed by atoms with van der Waals surface area (Å²) in [6.07, 6.45) is 11.4. The zero-order chi connectivity index (χ0) is 25.4. The molecule has 0 amide bonds. The number of rotatable bonds is 6. The maximum Gasteiger partial charge on any atom is 0.143 e. The molecule has 1 aliphatic rings. The molecular formula is C27H32N8O. The lowest BCUT2D eigenvalue weighted by atomic mass is 9.93. The van der Waals surface area contributed by atoms with Crippen LogP contribution in [0.3, 0.4) is 0 Å². The number of fused-ring (bicyclic) bond motifs is 1. The lowest BCUT2D eigenvalue weighted by molar-refractivity contribution is 0.129. The Morgan fingerprint density at radius 2 is 1.86 bits per heavy atom. The van der Waals surface area contributed by atoms with Crippen LogP contribution in [0.4, 0.5) is 5.82 Å². The van der Waals surface area contributed by atoms with Crippen LogP contribution in [0, 0.1) is 25.2 Å². The number of hydrogen-bond acceptors (Lipinski definition) is 7. The van der Waals surface area contributed by atoms with E-state index in [0.717, 1.165) is 70.7 Å². The number of nitriles is 1. The van der Waals surface area contributed by atoms with E-state index < -0.39 is 5.54 Å². The molecule has 1 aliphatic carbocycles. The first kappa shape index (κ1) is 23.8. The first-order valence-corrected chi connectivity index (χ1v) is 12.4. The molecule has 1 fully saturated rings. The third-order valence-electron chi connectivity index (χ3n) is 7.01. The summed E-state index contributed by atoms with van der Waals surface area (Å²) in [6.45, 7) is 7.72. The van der Waals surface area contributed by atoms with Crippen molar-refractivity contribution in [3.8, 4) is 23.1 Å². The van der Waals surface area contributed by atoms with Gasteiger partial charge in [0.25, 0.3) is 0 Å². The molecule has 9 nitrogen and oxygen atoms in total. The Morgan fingerprint density at radius 1 is 1.08 bits per heavy atom. The smallest absolute Gasteiger partial charge is 0.143 e. The minimum absolute atomic E-state index is 0.172. The number of pyridine rings is 2. The summed E-state index contributed by atoms with van der Waals surface area (Å²) < 4.78 is 10.2. The lowest BCUT2D eigenvalue weighted by Crippen LogP contribution is -2.26. The highest BCUT2D eigenvalue weighted by Gasteiger charge is 2.28. The topological polar surface area (TPSA) is 106 Å². The maximum absolute atomic E-state index is 9.51. The fourth-order valence-corrected chi connectivity index (χ4v) is 4.78. The van der Waals surface area contributed by atoms with Crippen LogP contribution in [0.5, 0.6) is 5.75 Å². The van der Waals surface area contributed by atoms with Gasteiger partial charge in [-0.15, -0.1) is 0 Å². The van der Waals surface area contributed by atoms with Crippen LogP contribution >= 0.6 is 0 Å². The second-order valence-electron chi connectivity index (χ2n) is 10.1. The van der Waals surface area contributed by atoms with Gasteiger partial charge in [0.1, 0.15) is 22.8 Å². The Balaban J connectivity index is 1.43. The van der Waals surface area contributed by atoms with Crippen molar-refractivity contribution in [1.29, 1.82) is 5.26 Å². The van der Waals surface area contributed by atoms with Crippen LogP contribution in [0.2, 0.25) is 0 Å². The molecule has 4 heterocycles. The maximum atomic E-state index is 9.51. The first-order chi connectivity index (χ1) is 17.3. The van der Waals surface area contributed by atoms with Gasteiger partial charge in [-0.1, -0.05) is 0 Å². The standard InChI is InChI=1S/C27H32N8O/c1-17-10-24(18(2)30-12-17)36-21-8-6-20(7-9-21)35-23-11-25(29-5)31-14-22(23)26(33-35)19-13-32-34(15-19)27(3,4)16-28/h10-15,20-21H,6-9H2,1-5H3,(H,29,31)/t20-,21+. The van der Waals surface area contributed by atoms with Crippen molar-refractivity contribution >= 4 is 16.7 Å². The van der Waals surface area contributed by atoms with Gasteiger partial charge in [0.05, 0.1) is 35.6 Å². The van der Waals surface area contributed by atoms with Gasteiger partial charge in [0.15, 0.2) is 0 Å². The molecule has 0 atom stereocenters. The molecule has 9 heteroatoms. The molecule has 0 spiro atoms. The van der Waals surface area contributed by atoms with Gasteiger partial charge in [0.2, 0.25) is 0 Å². The molecule has 1 N–H and O–H groups in total. The summed E-state index contributed by atoms with van der Waals surface area (Å²) in [6, 6.07) is 6.68. The molecule has 5 rings (SSSR count). The van der Waals surface area contributed by atoms with E-state index in [4.69, 9.17) is 9.84 Å². The van der Waals surface area contributed by atoms with Crippen LogP contribution in [0.1, 0.15) is 56.8 Å². The summed E-state index contributed by atoms with van der Waals surface area (Å²) in [7, 11) is 1.87. The Kier molecular flexibility index (Phi) is 6.12. The third kappa shape index (κ3) is 4.39. The number of aryl methyl sites for hydroxylation is 2. The van der Waals surface area contributed by atoms with Gasteiger partial charge in [-0.3, -0.25) is 14.3 Å². The third-order valence-corrected chi connectivity index (χ3v) is 7.01. The van der Waals surface area contributed by atoms with Crippen molar-refractivity contribution in [3.05, 3.63) is 48.2 Å². The molecule has 4 aromatic heterocycles. The Labute approximate surface area is 211 Å². The number of nitrogens with zero attached hydrogens (tertiary/aromatic N) is 7. The molecule has 0 unspecified atom stereocenters. The molecule has 0 saturated heterocycles. The van der Waals surface area contributed by atoms with Gasteiger partial charge in [-0.2, -0.15) is 15.5 Å². The molecule has 0 radical (unpaired) electrons. The largest absolute Gasteiger partial charge is 0.489 e. The van der Waals surface area contributed by atoms with Gasteiger partial charge >= 0.3 is 0 Å². The molecule has 36 heavy (non-hydrogen) atoms. The van der Waals surface area contributed by atoms with E-state index in [9.17, 15) is 5.26 Å². The fraction of sp³-hybridized carbons (Fsp3) is 0.444. The van der Waals surface area contributed by atoms with Gasteiger partial charge in [-0.05, 0) is 65.0 Å². The predicted molar refractivity (Wildman–Crippen MR) is 139 cm³/mol. The normalized spacial score (nSPS) is 18.2. The predicted octanol–water partition coefficient (Wildman–Crippen LogP) is 5.17. The van der Waals surface area contributed by atoms with Crippen molar-refractivity contribution in [3.63, 3.8) is 0 Å². The molecular weight excluding hydrogens is 452 g/mol. The Hall–Kier alpha value is -3.93. The van der Waals surface area contributed by atoms with Crippen LogP contribution in [-0.4, -0.2) is 42.7 Å². The van der Waals surface area contributed by atoms with E-state index in [1.165, 1.54) is 0 Å². The molecule has 0 aromatic carbocycles. The highest BCUT2D eigenvalue weighted by Crippen LogP contribution is 2.37. The van der Waals surface area contributed by atoms with E-state index >= 15 is 0 Å². The Bertz CT molecular complexity index is 1440. The second-order valence-corrected chi connectivity index (χ2v) is 10.1. The monoisotopic (exact) mass is 484 g/mol. The summed E-state index contributed by atoms with van der Waals surface area (Å²) in [5, 5.41) is 23.2. The van der Waals surface area contributed by atoms with Crippen LogP contribution in [0.25, 0.3) is 22.2 Å². The summed E-state index contributed by atoms with van der Waals surface area (Å²) >= 11 is 0. The number of aromatic nitrogens is 6. The van der Waals surface area contributed by atoms with Crippen molar-refractivity contribution < 1.29 is 4.74 Å². The van der Waals surface area contributed by atoms with Crippen molar-refractivity contribution in [2.75, 3.05) is 12.4 Å². The zero-order valence-electron chi connectivity index (χ0n) is 21.5. The molecule has 186 valence electrons. The number of nitrogens with one attached hydrogen (secondary N) is 1. The average Bonchev–Trinajstić information content (AvgIpc) is 3.52. The van der Waals surface area contributed by atoms with E-state index in [-0.39, 0.29) is 12.1 Å². The highest BCUT2D eigenvalue weighted by molar-refractivity contribution is 5.93. The average molecular weight is 485 g/mol. The first-order valence-electron chi connectivity index (χ1n) is 12.4. The van der Waals surface area contributed by atoms with E-state index in [2.05, 4.69) is 43.3 Å². The molecule has 1 saturated carbocycles. The fourth-order valence-electron chi connectivity index (χ4n) is 4.78. The number of anilines is 1. The van der Waals surface area contributed by atoms with Gasteiger partial charge < -0.3 is 10.1 Å². The quantitative estimate of drug-likeness (QED) is 0.402. The van der Waals surface area contributed by atoms with Crippen LogP contribution in [-0.2, 0) is 5.54 Å². The zero-order valence-corrected chi connectivity index (χ0v) is 21.5. The van der Waals surface area contributed by atoms with Crippen LogP contribution in [0.15, 0.2) is 36.9 Å². The summed E-state index contributed by atoms with van der Waals surface area (Å²) in [4.78, 5) is 8.98. The minimum Gasteiger partial charge on any atom is -0.489 e. The van der Waals surface area contributed by atoms with E-state index in [1.807, 2.05) is 53.3 Å². The molecule has 4 aromatic rings. The number of ether oxygens (including phenoxy) is 1. The summed E-state index contributed by atoms with van der Waals surface area (Å²) in [5.41, 5.74) is 4.05. The minimum atomic E-state index is -0.738. The second kappa shape index (κ2) is 9.26. The molecule has 0 bridgehead atoms. The molecule has 0 aliphatic heterocycles. The van der Waals surface area contributed by atoms with E-state index in [0.29, 0.717) is 0 Å². The highest BCUT2D eigenvalue weighted by atomic mass is 16.5. The summed E-state index contributed by atoms with van der Waals surface area (Å²) in [5.74, 6) is 1.68. The van der Waals surface area contributed by atoms with Crippen molar-refractivity contribution in [2.45, 2.75) is 71.1 Å². The van der Waals surface area contributed by atoms with Crippen molar-refractivity contribution in [1.82, 2.24) is 29.5 Å². The number of hydrogen-bond donors (Lipinski definition) is 1.